The van der Waals surface area contributed by atoms with Crippen molar-refractivity contribution in [3.63, 3.8) is 0 Å². The Hall–Kier alpha value is -1.62. The molecule has 1 fully saturated rings. The van der Waals surface area contributed by atoms with Crippen LogP contribution in [-0.2, 0) is 17.8 Å². The minimum Gasteiger partial charge on any atom is -0.333 e. The summed E-state index contributed by atoms with van der Waals surface area (Å²) >= 11 is 6.25. The van der Waals surface area contributed by atoms with Crippen molar-refractivity contribution >= 4 is 29.9 Å². The van der Waals surface area contributed by atoms with Gasteiger partial charge in [-0.2, -0.15) is 0 Å². The molecule has 1 aliphatic rings. The molecule has 1 N–H and O–H groups in total. The van der Waals surface area contributed by atoms with Crippen LogP contribution in [0.4, 0.5) is 0 Å². The number of nitrogens with one attached hydrogen (secondary N) is 1. The van der Waals surface area contributed by atoms with Gasteiger partial charge in [0.1, 0.15) is 0 Å². The Morgan fingerprint density at radius 1 is 1.15 bits per heavy atom. The molecule has 1 aromatic heterocycles. The third-order valence-electron chi connectivity index (χ3n) is 4.66. The second-order valence-electron chi connectivity index (χ2n) is 6.45. The summed E-state index contributed by atoms with van der Waals surface area (Å²) in [5.41, 5.74) is 1.80. The van der Waals surface area contributed by atoms with Crippen LogP contribution in [0.5, 0.6) is 0 Å². The van der Waals surface area contributed by atoms with E-state index < -0.39 is 0 Å². The van der Waals surface area contributed by atoms with Gasteiger partial charge in [-0.15, -0.1) is 12.4 Å². The van der Waals surface area contributed by atoms with Crippen molar-refractivity contribution in [3.05, 3.63) is 64.9 Å². The largest absolute Gasteiger partial charge is 0.333 e. The van der Waals surface area contributed by atoms with Gasteiger partial charge in [0.25, 0.3) is 0 Å². The summed E-state index contributed by atoms with van der Waals surface area (Å²) in [7, 11) is 0. The first-order chi connectivity index (χ1) is 12.2. The minimum atomic E-state index is 0. The van der Waals surface area contributed by atoms with Gasteiger partial charge in [-0.25, -0.2) is 0 Å². The van der Waals surface area contributed by atoms with Gasteiger partial charge >= 0.3 is 0 Å². The van der Waals surface area contributed by atoms with Gasteiger partial charge in [0.2, 0.25) is 5.91 Å². The molecule has 2 heterocycles. The predicted octanol–water partition coefficient (Wildman–Crippen LogP) is 3.87. The molecule has 0 aliphatic carbocycles. The summed E-state index contributed by atoms with van der Waals surface area (Å²) in [5, 5.41) is 4.07. The van der Waals surface area contributed by atoms with E-state index in [1.54, 1.807) is 6.20 Å². The number of nitrogens with zero attached hydrogens (tertiary/aromatic N) is 2. The van der Waals surface area contributed by atoms with Crippen molar-refractivity contribution in [1.29, 1.82) is 0 Å². The molecule has 0 radical (unpaired) electrons. The van der Waals surface area contributed by atoms with Crippen molar-refractivity contribution in [2.24, 2.45) is 0 Å². The lowest BCUT2D eigenvalue weighted by Gasteiger charge is -2.31. The fraction of sp³-hybridized carbons (Fsp3) is 0.400. The van der Waals surface area contributed by atoms with Gasteiger partial charge in [-0.3, -0.25) is 9.78 Å². The number of rotatable bonds is 5. The first-order valence-corrected chi connectivity index (χ1v) is 9.25. The van der Waals surface area contributed by atoms with Gasteiger partial charge in [0, 0.05) is 17.3 Å². The van der Waals surface area contributed by atoms with Gasteiger partial charge in [0.05, 0.1) is 18.7 Å². The first-order valence-electron chi connectivity index (χ1n) is 8.87. The first kappa shape index (κ1) is 20.7. The number of carbonyl (C=O) groups excluding carboxylic acids is 1. The molecule has 2 aromatic rings. The quantitative estimate of drug-likeness (QED) is 0.838. The predicted molar refractivity (Wildman–Crippen MR) is 108 cm³/mol. The van der Waals surface area contributed by atoms with E-state index in [4.69, 9.17) is 11.6 Å². The zero-order valence-electron chi connectivity index (χ0n) is 14.7. The molecular weight excluding hydrogens is 369 g/mol. The SMILES string of the molecule is Cl.O=C(Cc1ccccc1Cl)N(Cc1ccccn1)C1CCCNCC1. The highest BCUT2D eigenvalue weighted by molar-refractivity contribution is 6.31. The Labute approximate surface area is 166 Å². The third-order valence-corrected chi connectivity index (χ3v) is 5.03. The standard InChI is InChI=1S/C20H24ClN3O.ClH/c21-19-9-2-1-6-16(19)14-20(25)24(15-17-7-3-4-12-23-17)18-8-5-11-22-13-10-18;/h1-4,6-7,9,12,18,22H,5,8,10-11,13-15H2;1H. The molecule has 1 unspecified atom stereocenters. The molecule has 6 heteroatoms. The average molecular weight is 394 g/mol. The molecule has 0 spiro atoms. The highest BCUT2D eigenvalue weighted by atomic mass is 35.5. The van der Waals surface area contributed by atoms with Crippen LogP contribution in [0.2, 0.25) is 5.02 Å². The maximum Gasteiger partial charge on any atom is 0.227 e. The number of halogens is 2. The topological polar surface area (TPSA) is 45.2 Å². The minimum absolute atomic E-state index is 0. The highest BCUT2D eigenvalue weighted by Gasteiger charge is 2.25. The number of hydrogen-bond donors (Lipinski definition) is 1. The lowest BCUT2D eigenvalue weighted by Crippen LogP contribution is -2.41. The summed E-state index contributed by atoms with van der Waals surface area (Å²) in [4.78, 5) is 19.5. The summed E-state index contributed by atoms with van der Waals surface area (Å²) < 4.78 is 0. The lowest BCUT2D eigenvalue weighted by atomic mass is 10.0. The summed E-state index contributed by atoms with van der Waals surface area (Å²) in [5.74, 6) is 0.116. The van der Waals surface area contributed by atoms with Crippen molar-refractivity contribution in [1.82, 2.24) is 15.2 Å². The van der Waals surface area contributed by atoms with E-state index in [9.17, 15) is 4.79 Å². The maximum atomic E-state index is 13.1. The van der Waals surface area contributed by atoms with Crippen molar-refractivity contribution in [3.8, 4) is 0 Å². The van der Waals surface area contributed by atoms with E-state index in [2.05, 4.69) is 10.3 Å². The molecule has 1 amide bonds. The molecule has 0 saturated carbocycles. The van der Waals surface area contributed by atoms with Crippen molar-refractivity contribution < 1.29 is 4.79 Å². The Morgan fingerprint density at radius 3 is 2.73 bits per heavy atom. The number of aromatic nitrogens is 1. The molecule has 1 saturated heterocycles. The summed E-state index contributed by atoms with van der Waals surface area (Å²) in [6, 6.07) is 13.7. The molecule has 0 bridgehead atoms. The normalized spacial score (nSPS) is 17.0. The number of amides is 1. The fourth-order valence-corrected chi connectivity index (χ4v) is 3.51. The zero-order chi connectivity index (χ0) is 17.5. The van der Waals surface area contributed by atoms with E-state index >= 15 is 0 Å². The van der Waals surface area contributed by atoms with Gasteiger partial charge < -0.3 is 10.2 Å². The second kappa shape index (κ2) is 10.5. The molecule has 1 aliphatic heterocycles. The van der Waals surface area contributed by atoms with Crippen LogP contribution in [0.15, 0.2) is 48.7 Å². The van der Waals surface area contributed by atoms with Crippen LogP contribution in [-0.4, -0.2) is 34.9 Å². The monoisotopic (exact) mass is 393 g/mol. The summed E-state index contributed by atoms with van der Waals surface area (Å²) in [6.45, 7) is 2.52. The molecular formula is C20H25Cl2N3O. The molecule has 4 nitrogen and oxygen atoms in total. The van der Waals surface area contributed by atoms with Crippen LogP contribution in [0.25, 0.3) is 0 Å². The zero-order valence-corrected chi connectivity index (χ0v) is 16.3. The van der Waals surface area contributed by atoms with Crippen molar-refractivity contribution in [2.45, 2.75) is 38.3 Å². The number of carbonyl (C=O) groups is 1. The Bertz CT molecular complexity index is 688. The van der Waals surface area contributed by atoms with Crippen molar-refractivity contribution in [2.75, 3.05) is 13.1 Å². The van der Waals surface area contributed by atoms with Crippen LogP contribution >= 0.6 is 24.0 Å². The van der Waals surface area contributed by atoms with E-state index in [0.29, 0.717) is 18.0 Å². The van der Waals surface area contributed by atoms with E-state index in [0.717, 1.165) is 43.6 Å². The van der Waals surface area contributed by atoms with Gasteiger partial charge in [-0.05, 0) is 56.1 Å². The van der Waals surface area contributed by atoms with E-state index in [1.807, 2.05) is 47.4 Å². The summed E-state index contributed by atoms with van der Waals surface area (Å²) in [6.07, 6.45) is 5.19. The van der Waals surface area contributed by atoms with Gasteiger partial charge in [-0.1, -0.05) is 35.9 Å². The van der Waals surface area contributed by atoms with Crippen LogP contribution in [0.1, 0.15) is 30.5 Å². The number of benzene rings is 1. The van der Waals surface area contributed by atoms with Crippen LogP contribution in [0.3, 0.4) is 0 Å². The lowest BCUT2D eigenvalue weighted by molar-refractivity contribution is -0.133. The Morgan fingerprint density at radius 2 is 1.96 bits per heavy atom. The fourth-order valence-electron chi connectivity index (χ4n) is 3.31. The number of hydrogen-bond acceptors (Lipinski definition) is 3. The Balaban J connectivity index is 0.00000243. The third kappa shape index (κ3) is 5.70. The Kier molecular flexibility index (Phi) is 8.36. The van der Waals surface area contributed by atoms with Crippen LogP contribution in [0, 0.1) is 0 Å². The van der Waals surface area contributed by atoms with E-state index in [1.165, 1.54) is 0 Å². The molecule has 3 rings (SSSR count). The molecule has 1 atom stereocenters. The molecule has 26 heavy (non-hydrogen) atoms. The number of pyridine rings is 1. The smallest absolute Gasteiger partial charge is 0.227 e. The highest BCUT2D eigenvalue weighted by Crippen LogP contribution is 2.21. The van der Waals surface area contributed by atoms with Crippen LogP contribution < -0.4 is 5.32 Å². The maximum absolute atomic E-state index is 13.1. The van der Waals surface area contributed by atoms with Gasteiger partial charge in [0.15, 0.2) is 0 Å². The average Bonchev–Trinajstić information content (AvgIpc) is 2.92. The molecule has 1 aromatic carbocycles. The molecule has 140 valence electrons. The van der Waals surface area contributed by atoms with E-state index in [-0.39, 0.29) is 24.4 Å². The second-order valence-corrected chi connectivity index (χ2v) is 6.85.